The predicted octanol–water partition coefficient (Wildman–Crippen LogP) is 1.79. The van der Waals surface area contributed by atoms with Gasteiger partial charge in [0.05, 0.1) is 0 Å². The Labute approximate surface area is 89.5 Å². The van der Waals surface area contributed by atoms with Crippen molar-refractivity contribution < 1.29 is 0 Å². The lowest BCUT2D eigenvalue weighted by atomic mass is 9.82. The molecular formula is C11H18N2S. The number of piperidine rings is 1. The zero-order chi connectivity index (χ0) is 9.97. The van der Waals surface area contributed by atoms with E-state index in [9.17, 15) is 0 Å². The van der Waals surface area contributed by atoms with E-state index in [1.807, 2.05) is 11.3 Å². The molecule has 0 radical (unpaired) electrons. The zero-order valence-corrected chi connectivity index (χ0v) is 9.39. The number of hydrogen-bond donors (Lipinski definition) is 2. The third-order valence-corrected chi connectivity index (χ3v) is 4.12. The summed E-state index contributed by atoms with van der Waals surface area (Å²) in [6.07, 6.45) is 1.22. The first-order valence-corrected chi connectivity index (χ1v) is 6.16. The van der Waals surface area contributed by atoms with Gasteiger partial charge in [-0.15, -0.1) is 11.3 Å². The van der Waals surface area contributed by atoms with Crippen molar-refractivity contribution in [2.45, 2.75) is 25.3 Å². The van der Waals surface area contributed by atoms with E-state index in [1.54, 1.807) is 0 Å². The van der Waals surface area contributed by atoms with Gasteiger partial charge in [0, 0.05) is 17.5 Å². The summed E-state index contributed by atoms with van der Waals surface area (Å²) in [4.78, 5) is 1.51. The standard InChI is InChI=1S/C11H18N2S/c1-8-5-10(9(6-12)7-13-8)11-3-2-4-14-11/h2-4,8-10,13H,5-7,12H2,1H3. The molecule has 0 aliphatic carbocycles. The molecule has 3 heteroatoms. The van der Waals surface area contributed by atoms with Crippen LogP contribution >= 0.6 is 11.3 Å². The molecule has 2 rings (SSSR count). The molecular weight excluding hydrogens is 192 g/mol. The van der Waals surface area contributed by atoms with Gasteiger partial charge in [0.25, 0.3) is 0 Å². The third-order valence-electron chi connectivity index (χ3n) is 3.12. The fourth-order valence-electron chi connectivity index (χ4n) is 2.25. The first-order chi connectivity index (χ1) is 6.81. The highest BCUT2D eigenvalue weighted by Gasteiger charge is 2.28. The lowest BCUT2D eigenvalue weighted by Crippen LogP contribution is -2.43. The maximum absolute atomic E-state index is 5.81. The van der Waals surface area contributed by atoms with Crippen LogP contribution in [0.1, 0.15) is 24.1 Å². The largest absolute Gasteiger partial charge is 0.330 e. The van der Waals surface area contributed by atoms with Crippen LogP contribution in [0.25, 0.3) is 0 Å². The Bertz CT molecular complexity index is 271. The van der Waals surface area contributed by atoms with Gasteiger partial charge in [-0.25, -0.2) is 0 Å². The Hall–Kier alpha value is -0.380. The Balaban J connectivity index is 2.13. The molecule has 1 aromatic rings. The lowest BCUT2D eigenvalue weighted by molar-refractivity contribution is 0.288. The normalized spacial score (nSPS) is 33.1. The number of rotatable bonds is 2. The van der Waals surface area contributed by atoms with Crippen LogP contribution in [0, 0.1) is 5.92 Å². The minimum Gasteiger partial charge on any atom is -0.330 e. The van der Waals surface area contributed by atoms with E-state index in [0.29, 0.717) is 17.9 Å². The molecule has 3 unspecified atom stereocenters. The smallest absolute Gasteiger partial charge is 0.00805 e. The van der Waals surface area contributed by atoms with Crippen LogP contribution in [0.15, 0.2) is 17.5 Å². The summed E-state index contributed by atoms with van der Waals surface area (Å²) >= 11 is 1.87. The molecule has 1 aromatic heterocycles. The minimum absolute atomic E-state index is 0.616. The molecule has 0 amide bonds. The molecule has 78 valence electrons. The predicted molar refractivity (Wildman–Crippen MR) is 61.7 cm³/mol. The number of thiophene rings is 1. The van der Waals surface area contributed by atoms with Gasteiger partial charge in [-0.3, -0.25) is 0 Å². The summed E-state index contributed by atoms with van der Waals surface area (Å²) < 4.78 is 0. The van der Waals surface area contributed by atoms with Crippen molar-refractivity contribution in [2.24, 2.45) is 11.7 Å². The lowest BCUT2D eigenvalue weighted by Gasteiger charge is -2.34. The molecule has 0 saturated carbocycles. The highest BCUT2D eigenvalue weighted by molar-refractivity contribution is 7.10. The van der Waals surface area contributed by atoms with Gasteiger partial charge in [-0.1, -0.05) is 6.07 Å². The average molecular weight is 210 g/mol. The molecule has 2 heterocycles. The van der Waals surface area contributed by atoms with Crippen molar-refractivity contribution in [1.29, 1.82) is 0 Å². The van der Waals surface area contributed by atoms with Gasteiger partial charge in [0.1, 0.15) is 0 Å². The minimum atomic E-state index is 0.616. The van der Waals surface area contributed by atoms with Gasteiger partial charge in [0.15, 0.2) is 0 Å². The summed E-state index contributed by atoms with van der Waals surface area (Å²) in [6, 6.07) is 5.01. The summed E-state index contributed by atoms with van der Waals surface area (Å²) in [5.74, 6) is 1.29. The summed E-state index contributed by atoms with van der Waals surface area (Å²) in [5, 5.41) is 5.66. The van der Waals surface area contributed by atoms with E-state index in [0.717, 1.165) is 13.1 Å². The van der Waals surface area contributed by atoms with Crippen molar-refractivity contribution in [3.63, 3.8) is 0 Å². The summed E-state index contributed by atoms with van der Waals surface area (Å²) in [6.45, 7) is 4.12. The number of nitrogens with two attached hydrogens (primary N) is 1. The van der Waals surface area contributed by atoms with Crippen LogP contribution < -0.4 is 11.1 Å². The van der Waals surface area contributed by atoms with E-state index >= 15 is 0 Å². The van der Waals surface area contributed by atoms with E-state index in [2.05, 4.69) is 29.8 Å². The van der Waals surface area contributed by atoms with Crippen LogP contribution in [0.4, 0.5) is 0 Å². The highest BCUT2D eigenvalue weighted by Crippen LogP contribution is 2.34. The van der Waals surface area contributed by atoms with Crippen molar-refractivity contribution in [3.05, 3.63) is 22.4 Å². The molecule has 0 bridgehead atoms. The maximum atomic E-state index is 5.81. The van der Waals surface area contributed by atoms with Crippen molar-refractivity contribution in [3.8, 4) is 0 Å². The van der Waals surface area contributed by atoms with Gasteiger partial charge in [0.2, 0.25) is 0 Å². The van der Waals surface area contributed by atoms with Gasteiger partial charge in [-0.2, -0.15) is 0 Å². The fourth-order valence-corrected chi connectivity index (χ4v) is 3.18. The molecule has 0 aromatic carbocycles. The average Bonchev–Trinajstić information content (AvgIpc) is 2.70. The number of hydrogen-bond acceptors (Lipinski definition) is 3. The Morgan fingerprint density at radius 3 is 3.14 bits per heavy atom. The van der Waals surface area contributed by atoms with Crippen LogP contribution in [0.3, 0.4) is 0 Å². The summed E-state index contributed by atoms with van der Waals surface area (Å²) in [7, 11) is 0. The van der Waals surface area contributed by atoms with Gasteiger partial charge < -0.3 is 11.1 Å². The first-order valence-electron chi connectivity index (χ1n) is 5.28. The van der Waals surface area contributed by atoms with E-state index in [1.165, 1.54) is 11.3 Å². The van der Waals surface area contributed by atoms with E-state index in [-0.39, 0.29) is 0 Å². The quantitative estimate of drug-likeness (QED) is 0.781. The van der Waals surface area contributed by atoms with Crippen LogP contribution in [0.5, 0.6) is 0 Å². The first kappa shape index (κ1) is 10.1. The molecule has 0 spiro atoms. The molecule has 2 nitrogen and oxygen atoms in total. The van der Waals surface area contributed by atoms with Crippen molar-refractivity contribution >= 4 is 11.3 Å². The maximum Gasteiger partial charge on any atom is 0.00805 e. The Kier molecular flexibility index (Phi) is 3.21. The molecule has 14 heavy (non-hydrogen) atoms. The second-order valence-electron chi connectivity index (χ2n) is 4.16. The van der Waals surface area contributed by atoms with Crippen LogP contribution in [-0.2, 0) is 0 Å². The Morgan fingerprint density at radius 2 is 2.50 bits per heavy atom. The molecule has 3 N–H and O–H groups in total. The molecule has 1 fully saturated rings. The summed E-state index contributed by atoms with van der Waals surface area (Å²) in [5.41, 5.74) is 5.81. The van der Waals surface area contributed by atoms with E-state index in [4.69, 9.17) is 5.73 Å². The molecule has 1 aliphatic heterocycles. The van der Waals surface area contributed by atoms with Gasteiger partial charge in [-0.05, 0) is 43.2 Å². The number of nitrogens with one attached hydrogen (secondary N) is 1. The van der Waals surface area contributed by atoms with Crippen molar-refractivity contribution in [2.75, 3.05) is 13.1 Å². The molecule has 1 aliphatic rings. The third kappa shape index (κ3) is 2.00. The highest BCUT2D eigenvalue weighted by atomic mass is 32.1. The van der Waals surface area contributed by atoms with Crippen LogP contribution in [0.2, 0.25) is 0 Å². The molecule has 1 saturated heterocycles. The van der Waals surface area contributed by atoms with E-state index < -0.39 is 0 Å². The monoisotopic (exact) mass is 210 g/mol. The van der Waals surface area contributed by atoms with Gasteiger partial charge >= 0.3 is 0 Å². The van der Waals surface area contributed by atoms with Crippen molar-refractivity contribution in [1.82, 2.24) is 5.32 Å². The fraction of sp³-hybridized carbons (Fsp3) is 0.636. The zero-order valence-electron chi connectivity index (χ0n) is 8.57. The SMILES string of the molecule is CC1CC(c2cccs2)C(CN)CN1. The van der Waals surface area contributed by atoms with Crippen LogP contribution in [-0.4, -0.2) is 19.1 Å². The topological polar surface area (TPSA) is 38.0 Å². The molecule has 3 atom stereocenters. The Morgan fingerprint density at radius 1 is 1.64 bits per heavy atom. The second kappa shape index (κ2) is 4.43. The second-order valence-corrected chi connectivity index (χ2v) is 5.14.